The molecular weight excluding hydrogens is 228 g/mol. The Hall–Kier alpha value is -0.610. The summed E-state index contributed by atoms with van der Waals surface area (Å²) in [5, 5.41) is 3.39. The van der Waals surface area contributed by atoms with Crippen molar-refractivity contribution in [1.82, 2.24) is 10.2 Å². The van der Waals surface area contributed by atoms with Crippen molar-refractivity contribution < 1.29 is 9.53 Å². The molecule has 0 aromatic heterocycles. The van der Waals surface area contributed by atoms with E-state index in [9.17, 15) is 4.79 Å². The first-order chi connectivity index (χ1) is 8.72. The maximum Gasteiger partial charge on any atom is 0.322 e. The third-order valence-corrected chi connectivity index (χ3v) is 4.18. The van der Waals surface area contributed by atoms with Gasteiger partial charge in [0.05, 0.1) is 7.11 Å². The van der Waals surface area contributed by atoms with Gasteiger partial charge in [-0.1, -0.05) is 13.3 Å². The van der Waals surface area contributed by atoms with Crippen LogP contribution in [-0.2, 0) is 9.53 Å². The SMILES string of the molecule is CCC1CCN(CCC(NC2CC2)C(=O)OC)C1. The minimum Gasteiger partial charge on any atom is -0.468 e. The van der Waals surface area contributed by atoms with Crippen LogP contribution >= 0.6 is 0 Å². The molecule has 1 N–H and O–H groups in total. The molecule has 0 aromatic carbocycles. The van der Waals surface area contributed by atoms with E-state index in [1.807, 2.05) is 0 Å². The fourth-order valence-electron chi connectivity index (χ4n) is 2.71. The zero-order valence-electron chi connectivity index (χ0n) is 11.7. The Morgan fingerprint density at radius 2 is 2.22 bits per heavy atom. The maximum atomic E-state index is 11.7. The second kappa shape index (κ2) is 6.53. The first-order valence-electron chi connectivity index (χ1n) is 7.29. The molecule has 0 bridgehead atoms. The fourth-order valence-corrected chi connectivity index (χ4v) is 2.71. The molecule has 1 heterocycles. The average molecular weight is 254 g/mol. The molecule has 2 fully saturated rings. The Kier molecular flexibility index (Phi) is 5.01. The van der Waals surface area contributed by atoms with Crippen LogP contribution in [0.15, 0.2) is 0 Å². The quantitative estimate of drug-likeness (QED) is 0.697. The summed E-state index contributed by atoms with van der Waals surface area (Å²) in [6.07, 6.45) is 5.87. The lowest BCUT2D eigenvalue weighted by molar-refractivity contribution is -0.143. The van der Waals surface area contributed by atoms with Crippen molar-refractivity contribution in [2.45, 2.75) is 51.1 Å². The molecule has 0 radical (unpaired) electrons. The molecule has 1 saturated heterocycles. The number of carbonyl (C=O) groups is 1. The molecule has 2 atom stereocenters. The monoisotopic (exact) mass is 254 g/mol. The minimum absolute atomic E-state index is 0.104. The smallest absolute Gasteiger partial charge is 0.322 e. The molecule has 1 aliphatic heterocycles. The van der Waals surface area contributed by atoms with Crippen molar-refractivity contribution >= 4 is 5.97 Å². The number of nitrogens with one attached hydrogen (secondary N) is 1. The normalized spacial score (nSPS) is 26.2. The molecule has 2 unspecified atom stereocenters. The summed E-state index contributed by atoms with van der Waals surface area (Å²) in [5.74, 6) is 0.756. The second-order valence-corrected chi connectivity index (χ2v) is 5.67. The summed E-state index contributed by atoms with van der Waals surface area (Å²) in [6.45, 7) is 5.67. The number of hydrogen-bond acceptors (Lipinski definition) is 4. The molecule has 2 aliphatic rings. The molecule has 4 heteroatoms. The van der Waals surface area contributed by atoms with Gasteiger partial charge in [0.25, 0.3) is 0 Å². The van der Waals surface area contributed by atoms with Crippen LogP contribution in [-0.4, -0.2) is 49.7 Å². The third kappa shape index (κ3) is 3.95. The number of ether oxygens (including phenoxy) is 1. The number of rotatable bonds is 7. The highest BCUT2D eigenvalue weighted by Gasteiger charge is 2.30. The van der Waals surface area contributed by atoms with Gasteiger partial charge in [-0.15, -0.1) is 0 Å². The molecule has 18 heavy (non-hydrogen) atoms. The molecule has 1 aliphatic carbocycles. The zero-order chi connectivity index (χ0) is 13.0. The highest BCUT2D eigenvalue weighted by Crippen LogP contribution is 2.22. The van der Waals surface area contributed by atoms with E-state index in [2.05, 4.69) is 17.1 Å². The van der Waals surface area contributed by atoms with Crippen molar-refractivity contribution in [3.8, 4) is 0 Å². The predicted molar refractivity (Wildman–Crippen MR) is 71.4 cm³/mol. The van der Waals surface area contributed by atoms with E-state index in [1.165, 1.54) is 45.9 Å². The van der Waals surface area contributed by atoms with Crippen LogP contribution in [0.5, 0.6) is 0 Å². The Labute approximate surface area is 110 Å². The van der Waals surface area contributed by atoms with Crippen LogP contribution in [0.3, 0.4) is 0 Å². The zero-order valence-corrected chi connectivity index (χ0v) is 11.7. The number of likely N-dealkylation sites (tertiary alicyclic amines) is 1. The van der Waals surface area contributed by atoms with Crippen LogP contribution < -0.4 is 5.32 Å². The molecule has 1 saturated carbocycles. The van der Waals surface area contributed by atoms with Gasteiger partial charge in [0.1, 0.15) is 6.04 Å². The number of carbonyl (C=O) groups excluding carboxylic acids is 1. The van der Waals surface area contributed by atoms with Gasteiger partial charge < -0.3 is 15.0 Å². The largest absolute Gasteiger partial charge is 0.468 e. The highest BCUT2D eigenvalue weighted by atomic mass is 16.5. The van der Waals surface area contributed by atoms with Crippen molar-refractivity contribution in [2.75, 3.05) is 26.7 Å². The molecule has 4 nitrogen and oxygen atoms in total. The Morgan fingerprint density at radius 3 is 2.78 bits per heavy atom. The number of esters is 1. The summed E-state index contributed by atoms with van der Waals surface area (Å²) in [7, 11) is 1.48. The van der Waals surface area contributed by atoms with Gasteiger partial charge in [0.15, 0.2) is 0 Å². The topological polar surface area (TPSA) is 41.6 Å². The van der Waals surface area contributed by atoms with E-state index in [0.29, 0.717) is 6.04 Å². The van der Waals surface area contributed by atoms with Crippen LogP contribution in [0.2, 0.25) is 0 Å². The van der Waals surface area contributed by atoms with E-state index in [1.54, 1.807) is 0 Å². The van der Waals surface area contributed by atoms with Crippen LogP contribution in [0, 0.1) is 5.92 Å². The molecule has 0 spiro atoms. The van der Waals surface area contributed by atoms with Gasteiger partial charge in [-0.05, 0) is 38.1 Å². The molecule has 2 rings (SSSR count). The van der Waals surface area contributed by atoms with Gasteiger partial charge in [-0.3, -0.25) is 4.79 Å². The van der Waals surface area contributed by atoms with Crippen molar-refractivity contribution in [3.63, 3.8) is 0 Å². The van der Waals surface area contributed by atoms with E-state index >= 15 is 0 Å². The standard InChI is InChI=1S/C14H26N2O2/c1-3-11-6-8-16(10-11)9-7-13(14(17)18-2)15-12-4-5-12/h11-13,15H,3-10H2,1-2H3. The van der Waals surface area contributed by atoms with Gasteiger partial charge in [0.2, 0.25) is 0 Å². The van der Waals surface area contributed by atoms with E-state index in [0.717, 1.165) is 18.9 Å². The lowest BCUT2D eigenvalue weighted by Gasteiger charge is -2.20. The Morgan fingerprint density at radius 1 is 1.44 bits per heavy atom. The molecule has 0 aromatic rings. The summed E-state index contributed by atoms with van der Waals surface area (Å²) >= 11 is 0. The molecule has 104 valence electrons. The lowest BCUT2D eigenvalue weighted by atomic mass is 10.1. The van der Waals surface area contributed by atoms with Crippen molar-refractivity contribution in [1.29, 1.82) is 0 Å². The number of hydrogen-bond donors (Lipinski definition) is 1. The fraction of sp³-hybridized carbons (Fsp3) is 0.929. The maximum absolute atomic E-state index is 11.7. The second-order valence-electron chi connectivity index (χ2n) is 5.67. The lowest BCUT2D eigenvalue weighted by Crippen LogP contribution is -2.41. The van der Waals surface area contributed by atoms with Crippen LogP contribution in [0.1, 0.15) is 39.0 Å². The first-order valence-corrected chi connectivity index (χ1v) is 7.29. The van der Waals surface area contributed by atoms with E-state index < -0.39 is 0 Å². The average Bonchev–Trinajstić information content (AvgIpc) is 3.09. The Balaban J connectivity index is 1.72. The predicted octanol–water partition coefficient (Wildman–Crippen LogP) is 1.40. The number of nitrogens with zero attached hydrogens (tertiary/aromatic N) is 1. The van der Waals surface area contributed by atoms with Gasteiger partial charge >= 0.3 is 5.97 Å². The highest BCUT2D eigenvalue weighted by molar-refractivity contribution is 5.75. The van der Waals surface area contributed by atoms with Gasteiger partial charge in [-0.25, -0.2) is 0 Å². The van der Waals surface area contributed by atoms with Crippen molar-refractivity contribution in [2.24, 2.45) is 5.92 Å². The summed E-state index contributed by atoms with van der Waals surface area (Å²) in [4.78, 5) is 14.2. The first kappa shape index (κ1) is 13.8. The van der Waals surface area contributed by atoms with Gasteiger partial charge in [-0.2, -0.15) is 0 Å². The molecular formula is C14H26N2O2. The summed E-state index contributed by atoms with van der Waals surface area (Å²) < 4.78 is 4.88. The summed E-state index contributed by atoms with van der Waals surface area (Å²) in [5.41, 5.74) is 0. The van der Waals surface area contributed by atoms with E-state index in [4.69, 9.17) is 4.74 Å². The number of methoxy groups -OCH3 is 1. The molecule has 0 amide bonds. The minimum atomic E-state index is -0.108. The van der Waals surface area contributed by atoms with Crippen molar-refractivity contribution in [3.05, 3.63) is 0 Å². The van der Waals surface area contributed by atoms with Crippen LogP contribution in [0.25, 0.3) is 0 Å². The summed E-state index contributed by atoms with van der Waals surface area (Å²) in [6, 6.07) is 0.444. The Bertz CT molecular complexity index is 279. The van der Waals surface area contributed by atoms with Crippen LogP contribution in [0.4, 0.5) is 0 Å². The van der Waals surface area contributed by atoms with Gasteiger partial charge in [0, 0.05) is 19.1 Å². The van der Waals surface area contributed by atoms with E-state index in [-0.39, 0.29) is 12.0 Å². The third-order valence-electron chi connectivity index (χ3n) is 4.18.